The first-order valence-corrected chi connectivity index (χ1v) is 32.8. The number of thioether (sulfide) groups is 2. The van der Waals surface area contributed by atoms with E-state index in [2.05, 4.69) is 20.6 Å². The van der Waals surface area contributed by atoms with Gasteiger partial charge in [0.05, 0.1) is 99.2 Å². The van der Waals surface area contributed by atoms with Crippen LogP contribution in [-0.4, -0.2) is 93.3 Å². The van der Waals surface area contributed by atoms with Gasteiger partial charge in [0.25, 0.3) is 17.1 Å². The number of halogens is 3. The van der Waals surface area contributed by atoms with Crippen molar-refractivity contribution in [2.75, 3.05) is 55.2 Å². The molecule has 0 unspecified atom stereocenters. The lowest BCUT2D eigenvalue weighted by Crippen LogP contribution is -2.29. The highest BCUT2D eigenvalue weighted by Crippen LogP contribution is 2.52. The van der Waals surface area contributed by atoms with E-state index in [-0.39, 0.29) is 35.9 Å². The van der Waals surface area contributed by atoms with Crippen molar-refractivity contribution in [3.05, 3.63) is 221 Å². The van der Waals surface area contributed by atoms with E-state index in [1.807, 2.05) is 48.9 Å². The minimum atomic E-state index is -0.504. The number of aliphatic hydroxyl groups is 1. The molecule has 6 aromatic carbocycles. The van der Waals surface area contributed by atoms with Gasteiger partial charge in [0.2, 0.25) is 11.5 Å². The number of hydrogen-bond acceptors (Lipinski definition) is 18. The quantitative estimate of drug-likeness (QED) is 0.0295. The number of aliphatic hydroxyl groups excluding tert-OH is 1. The minimum Gasteiger partial charge on any atom is -0.493 e. The molecule has 0 fully saturated rings. The SMILES string of the molecule is COc1cc2c(c(OC)c1OC)-c1ccc(SC)c(=O)cc1[C@@H](NC(=O)c1ccc(CO)nc1)CC2.COc1cc2c(c(OC)c1OC)-c1ccc(SC)c(=O)cc1[C@@H](NC(=O)c1ccc(COC(=O)c3cccc(CCl)c3)nc1)CC2.O=C(Cl)c1cccc(CCl)c1. The van der Waals surface area contributed by atoms with Crippen LogP contribution in [0.15, 0.2) is 153 Å². The topological polar surface area (TPSA) is 237 Å². The third kappa shape index (κ3) is 16.6. The molecule has 3 N–H and O–H groups in total. The summed E-state index contributed by atoms with van der Waals surface area (Å²) < 4.78 is 39.5. The Bertz CT molecular complexity index is 4180. The van der Waals surface area contributed by atoms with Crippen LogP contribution < -0.4 is 49.9 Å². The normalized spacial score (nSPS) is 13.3. The molecule has 2 aliphatic carbocycles. The summed E-state index contributed by atoms with van der Waals surface area (Å²) in [5.41, 5.74) is 10.3. The molecule has 0 bridgehead atoms. The van der Waals surface area contributed by atoms with Crippen molar-refractivity contribution in [1.82, 2.24) is 20.6 Å². The Morgan fingerprint density at radius 3 is 1.37 bits per heavy atom. The van der Waals surface area contributed by atoms with Crippen molar-refractivity contribution in [3.63, 3.8) is 0 Å². The lowest BCUT2D eigenvalue weighted by atomic mass is 9.95. The smallest absolute Gasteiger partial charge is 0.338 e. The molecule has 8 aromatic rings. The zero-order chi connectivity index (χ0) is 66.9. The van der Waals surface area contributed by atoms with Gasteiger partial charge in [-0.15, -0.1) is 46.7 Å². The molecule has 0 saturated carbocycles. The predicted octanol–water partition coefficient (Wildman–Crippen LogP) is 12.9. The number of aromatic nitrogens is 2. The maximum atomic E-state index is 13.5. The number of nitrogens with one attached hydrogen (secondary N) is 2. The lowest BCUT2D eigenvalue weighted by molar-refractivity contribution is 0.0467. The Balaban J connectivity index is 0.000000209. The average molecular weight is 1360 g/mol. The Labute approximate surface area is 561 Å². The summed E-state index contributed by atoms with van der Waals surface area (Å²) in [4.78, 5) is 85.7. The van der Waals surface area contributed by atoms with Crippen LogP contribution in [0.1, 0.15) is 111 Å². The fraction of sp³-hybridized carbons (Fsp3) is 0.257. The van der Waals surface area contributed by atoms with Crippen LogP contribution in [0.3, 0.4) is 0 Å². The van der Waals surface area contributed by atoms with Gasteiger partial charge in [0.15, 0.2) is 33.9 Å². The molecule has 484 valence electrons. The first kappa shape index (κ1) is 70.2. The monoisotopic (exact) mass is 1360 g/mol. The second-order valence-electron chi connectivity index (χ2n) is 20.8. The van der Waals surface area contributed by atoms with Crippen LogP contribution in [0.25, 0.3) is 22.3 Å². The van der Waals surface area contributed by atoms with Crippen LogP contribution in [0.4, 0.5) is 0 Å². The summed E-state index contributed by atoms with van der Waals surface area (Å²) in [6, 6.07) is 33.8. The maximum Gasteiger partial charge on any atom is 0.338 e. The van der Waals surface area contributed by atoms with Gasteiger partial charge < -0.3 is 48.9 Å². The van der Waals surface area contributed by atoms with Gasteiger partial charge in [-0.25, -0.2) is 4.79 Å². The van der Waals surface area contributed by atoms with Gasteiger partial charge in [-0.05, 0) is 173 Å². The van der Waals surface area contributed by atoms with Crippen LogP contribution >= 0.6 is 58.3 Å². The molecule has 18 nitrogen and oxygen atoms in total. The number of carbonyl (C=O) groups is 4. The Morgan fingerprint density at radius 2 is 0.978 bits per heavy atom. The number of ether oxygens (including phenoxy) is 7. The van der Waals surface area contributed by atoms with Crippen LogP contribution in [0.2, 0.25) is 0 Å². The first-order chi connectivity index (χ1) is 45.0. The van der Waals surface area contributed by atoms with Gasteiger partial charge in [0, 0.05) is 40.8 Å². The molecule has 10 rings (SSSR count). The standard InChI is InChI=1S/C35H33ClN2O7S.C27H28N2O6S.C8H6Cl2O/c1-42-29-15-21-9-12-27(26-16-28(39)30(46-4)13-11-25(26)31(21)33(44-3)32(29)43-2)38-34(40)23-8-10-24(37-18-23)19-45-35(41)22-7-5-6-20(14-22)17-36;1-33-22-11-15-6-9-20(29-27(32)16-5-7-17(14-30)28-13-16)19-12-21(31)23(36-4)10-8-18(19)24(15)26(35-3)25(22)34-2;9-5-6-2-1-3-7(4-6)8(10)11/h5-8,10-11,13-16,18,27H,9,12,17,19H2,1-4H3,(H,38,40);5,7-8,10-13,20,30H,6,9,14H2,1-4H3,(H,29,32);1-4H,5H2/t27-;20-;/m00./s1. The molecule has 2 amide bonds. The number of carbonyl (C=O) groups excluding carboxylic acids is 4. The fourth-order valence-electron chi connectivity index (χ4n) is 10.8. The zero-order valence-corrected chi connectivity index (χ0v) is 56.0. The number of hydrogen-bond donors (Lipinski definition) is 3. The number of nitrogens with zero attached hydrogens (tertiary/aromatic N) is 2. The van der Waals surface area contributed by atoms with E-state index in [0.717, 1.165) is 44.5 Å². The number of amides is 2. The summed E-state index contributed by atoms with van der Waals surface area (Å²) in [5.74, 6) is 2.48. The van der Waals surface area contributed by atoms with Gasteiger partial charge in [-0.2, -0.15) is 0 Å². The van der Waals surface area contributed by atoms with Crippen molar-refractivity contribution in [3.8, 4) is 56.8 Å². The average Bonchev–Trinajstić information content (AvgIpc) is 1.72. The number of alkyl halides is 2. The number of fused-ring (bicyclic) bond motifs is 6. The minimum absolute atomic E-state index is 0.0601. The second-order valence-corrected chi connectivity index (χ2v) is 23.4. The van der Waals surface area contributed by atoms with Gasteiger partial charge >= 0.3 is 5.97 Å². The molecular weight excluding hydrogens is 1290 g/mol. The van der Waals surface area contributed by atoms with Crippen molar-refractivity contribution in [2.24, 2.45) is 0 Å². The predicted molar refractivity (Wildman–Crippen MR) is 362 cm³/mol. The molecule has 0 aliphatic heterocycles. The highest BCUT2D eigenvalue weighted by Gasteiger charge is 2.32. The molecule has 23 heteroatoms. The van der Waals surface area contributed by atoms with E-state index < -0.39 is 23.3 Å². The molecule has 0 radical (unpaired) electrons. The first-order valence-electron chi connectivity index (χ1n) is 28.9. The Hall–Kier alpha value is -8.63. The summed E-state index contributed by atoms with van der Waals surface area (Å²) in [5, 5.41) is 15.0. The Morgan fingerprint density at radius 1 is 0.538 bits per heavy atom. The summed E-state index contributed by atoms with van der Waals surface area (Å²) in [6.45, 7) is -0.263. The lowest BCUT2D eigenvalue weighted by Gasteiger charge is -2.20. The van der Waals surface area contributed by atoms with E-state index in [4.69, 9.17) is 68.0 Å². The van der Waals surface area contributed by atoms with Crippen LogP contribution in [0.5, 0.6) is 34.5 Å². The van der Waals surface area contributed by atoms with Gasteiger partial charge in [-0.3, -0.25) is 33.9 Å². The van der Waals surface area contributed by atoms with Crippen molar-refractivity contribution < 1.29 is 57.4 Å². The highest BCUT2D eigenvalue weighted by atomic mass is 35.5. The Kier molecular flexibility index (Phi) is 25.1. The molecular formula is C70H67Cl3N4O14S2. The highest BCUT2D eigenvalue weighted by molar-refractivity contribution is 7.98. The molecule has 2 atom stereocenters. The summed E-state index contributed by atoms with van der Waals surface area (Å²) >= 11 is 19.4. The molecule has 0 saturated heterocycles. The number of methoxy groups -OCH3 is 6. The van der Waals surface area contributed by atoms with Crippen molar-refractivity contribution >= 4 is 81.4 Å². The summed E-state index contributed by atoms with van der Waals surface area (Å²) in [7, 11) is 9.37. The van der Waals surface area contributed by atoms with Gasteiger partial charge in [-0.1, -0.05) is 42.5 Å². The van der Waals surface area contributed by atoms with E-state index in [0.29, 0.717) is 126 Å². The van der Waals surface area contributed by atoms with E-state index in [1.165, 1.54) is 35.9 Å². The van der Waals surface area contributed by atoms with Crippen molar-refractivity contribution in [1.29, 1.82) is 0 Å². The molecule has 0 spiro atoms. The molecule has 2 aliphatic rings. The molecule has 2 heterocycles. The maximum absolute atomic E-state index is 13.5. The third-order valence-electron chi connectivity index (χ3n) is 15.4. The molecule has 2 aromatic heterocycles. The zero-order valence-electron chi connectivity index (χ0n) is 52.1. The van der Waals surface area contributed by atoms with Crippen LogP contribution in [-0.2, 0) is 42.6 Å². The van der Waals surface area contributed by atoms with E-state index >= 15 is 0 Å². The second kappa shape index (κ2) is 33.3. The van der Waals surface area contributed by atoms with Gasteiger partial charge in [0.1, 0.15) is 6.61 Å². The number of esters is 1. The summed E-state index contributed by atoms with van der Waals surface area (Å²) in [6.07, 6.45) is 8.79. The largest absolute Gasteiger partial charge is 0.493 e. The van der Waals surface area contributed by atoms with E-state index in [1.54, 1.807) is 128 Å². The van der Waals surface area contributed by atoms with Crippen LogP contribution in [0, 0.1) is 0 Å². The number of aryl methyl sites for hydroxylation is 2. The number of benzene rings is 4. The fourth-order valence-corrected chi connectivity index (χ4v) is 12.2. The third-order valence-corrected chi connectivity index (χ3v) is 17.8. The van der Waals surface area contributed by atoms with Crippen molar-refractivity contribution in [2.45, 2.75) is 72.5 Å². The number of rotatable bonds is 19. The molecule has 93 heavy (non-hydrogen) atoms. The van der Waals surface area contributed by atoms with E-state index in [9.17, 15) is 33.9 Å². The number of pyridine rings is 2.